The summed E-state index contributed by atoms with van der Waals surface area (Å²) in [6.07, 6.45) is 4.20. The zero-order valence-electron chi connectivity index (χ0n) is 16.1. The van der Waals surface area contributed by atoms with Crippen molar-refractivity contribution in [3.05, 3.63) is 30.2 Å². The average Bonchev–Trinajstić information content (AvgIpc) is 3.17. The molecule has 1 aliphatic heterocycles. The van der Waals surface area contributed by atoms with Crippen LogP contribution in [0, 0.1) is 5.92 Å². The maximum Gasteiger partial charge on any atom is 0.277 e. The third-order valence-corrected chi connectivity index (χ3v) is 6.23. The minimum atomic E-state index is -0.455. The summed E-state index contributed by atoms with van der Waals surface area (Å²) in [5.41, 5.74) is 0. The van der Waals surface area contributed by atoms with E-state index < -0.39 is 6.10 Å². The highest BCUT2D eigenvalue weighted by Gasteiger charge is 2.29. The van der Waals surface area contributed by atoms with E-state index in [1.165, 1.54) is 31.0 Å². The Labute approximate surface area is 168 Å². The number of aromatic nitrogens is 2. The molecule has 0 radical (unpaired) electrons. The fourth-order valence-corrected chi connectivity index (χ4v) is 4.27. The molecule has 0 unspecified atom stereocenters. The Balaban J connectivity index is 1.33. The number of amides is 1. The van der Waals surface area contributed by atoms with Crippen LogP contribution in [0.3, 0.4) is 0 Å². The zero-order valence-corrected chi connectivity index (χ0v) is 16.9. The number of nitrogens with zero attached hydrogens (tertiary/aromatic N) is 2. The van der Waals surface area contributed by atoms with E-state index >= 15 is 0 Å². The van der Waals surface area contributed by atoms with Gasteiger partial charge in [-0.15, -0.1) is 10.2 Å². The average molecular weight is 404 g/mol. The standard InChI is InChI=1S/C20H25N3O4S/c1-12-7-3-4-8-14(12)21-18(24)13(2)28-20-23-22-19(27-20)17-11-25-15-9-5-6-10-16(15)26-17/h5-6,9-10,12-14,17H,3-4,7-8,11H2,1-2H3,(H,21,24)/t12-,13+,14-,17+/m1/s1. The van der Waals surface area contributed by atoms with Gasteiger partial charge in [0.2, 0.25) is 12.0 Å². The van der Waals surface area contributed by atoms with Crippen molar-refractivity contribution in [1.82, 2.24) is 15.5 Å². The van der Waals surface area contributed by atoms with Gasteiger partial charge in [0.15, 0.2) is 11.5 Å². The Morgan fingerprint density at radius 1 is 1.21 bits per heavy atom. The van der Waals surface area contributed by atoms with Crippen LogP contribution in [0.1, 0.15) is 51.5 Å². The molecule has 1 N–H and O–H groups in total. The van der Waals surface area contributed by atoms with E-state index in [9.17, 15) is 4.79 Å². The van der Waals surface area contributed by atoms with E-state index in [4.69, 9.17) is 13.9 Å². The number of ether oxygens (including phenoxy) is 2. The van der Waals surface area contributed by atoms with Gasteiger partial charge >= 0.3 is 0 Å². The number of hydrogen-bond acceptors (Lipinski definition) is 7. The Bertz CT molecular complexity index is 827. The third kappa shape index (κ3) is 4.27. The summed E-state index contributed by atoms with van der Waals surface area (Å²) in [6, 6.07) is 7.73. The first kappa shape index (κ1) is 19.1. The zero-order chi connectivity index (χ0) is 19.5. The van der Waals surface area contributed by atoms with Gasteiger partial charge in [-0.05, 0) is 37.8 Å². The largest absolute Gasteiger partial charge is 0.485 e. The summed E-state index contributed by atoms with van der Waals surface area (Å²) >= 11 is 1.26. The lowest BCUT2D eigenvalue weighted by atomic mass is 9.86. The van der Waals surface area contributed by atoms with Gasteiger partial charge in [0.1, 0.15) is 6.61 Å². The molecule has 1 aromatic heterocycles. The number of hydrogen-bond donors (Lipinski definition) is 1. The number of thioether (sulfide) groups is 1. The monoisotopic (exact) mass is 403 g/mol. The molecule has 2 heterocycles. The van der Waals surface area contributed by atoms with Gasteiger partial charge in [0.25, 0.3) is 11.1 Å². The lowest BCUT2D eigenvalue weighted by Gasteiger charge is -2.30. The molecule has 2 aliphatic rings. The highest BCUT2D eigenvalue weighted by Crippen LogP contribution is 2.36. The molecule has 0 spiro atoms. The van der Waals surface area contributed by atoms with Crippen LogP contribution in [-0.2, 0) is 4.79 Å². The number of nitrogens with one attached hydrogen (secondary N) is 1. The maximum atomic E-state index is 12.5. The van der Waals surface area contributed by atoms with Crippen LogP contribution in [-0.4, -0.2) is 34.0 Å². The van der Waals surface area contributed by atoms with Crippen molar-refractivity contribution in [2.75, 3.05) is 6.61 Å². The molecular formula is C20H25N3O4S. The molecule has 1 aliphatic carbocycles. The molecule has 4 rings (SSSR count). The summed E-state index contributed by atoms with van der Waals surface area (Å²) in [5.74, 6) is 2.24. The van der Waals surface area contributed by atoms with Crippen LogP contribution in [0.5, 0.6) is 11.5 Å². The molecule has 0 saturated heterocycles. The second kappa shape index (κ2) is 8.43. The van der Waals surface area contributed by atoms with Crippen LogP contribution >= 0.6 is 11.8 Å². The number of carbonyl (C=O) groups excluding carboxylic acids is 1. The number of benzene rings is 1. The first-order chi connectivity index (χ1) is 13.6. The molecule has 1 aromatic carbocycles. The van der Waals surface area contributed by atoms with Crippen molar-refractivity contribution in [3.8, 4) is 11.5 Å². The van der Waals surface area contributed by atoms with E-state index in [-0.39, 0.29) is 17.2 Å². The van der Waals surface area contributed by atoms with E-state index in [1.807, 2.05) is 31.2 Å². The van der Waals surface area contributed by atoms with E-state index in [1.54, 1.807) is 0 Å². The molecule has 7 nitrogen and oxygen atoms in total. The molecule has 1 saturated carbocycles. The van der Waals surface area contributed by atoms with Gasteiger partial charge < -0.3 is 19.2 Å². The summed E-state index contributed by atoms with van der Waals surface area (Å²) < 4.78 is 17.3. The smallest absolute Gasteiger partial charge is 0.277 e. The summed E-state index contributed by atoms with van der Waals surface area (Å²) in [6.45, 7) is 4.36. The van der Waals surface area contributed by atoms with E-state index in [2.05, 4.69) is 22.4 Å². The van der Waals surface area contributed by atoms with Crippen LogP contribution in [0.25, 0.3) is 0 Å². The summed E-state index contributed by atoms with van der Waals surface area (Å²) in [4.78, 5) is 12.5. The van der Waals surface area contributed by atoms with Crippen molar-refractivity contribution in [2.24, 2.45) is 5.92 Å². The first-order valence-electron chi connectivity index (χ1n) is 9.79. The molecule has 1 fully saturated rings. The molecular weight excluding hydrogens is 378 g/mol. The van der Waals surface area contributed by atoms with Gasteiger partial charge in [-0.25, -0.2) is 0 Å². The lowest BCUT2D eigenvalue weighted by Crippen LogP contribution is -2.44. The van der Waals surface area contributed by atoms with Crippen LogP contribution in [0.15, 0.2) is 33.9 Å². The second-order valence-electron chi connectivity index (χ2n) is 7.41. The molecule has 4 atom stereocenters. The van der Waals surface area contributed by atoms with E-state index in [0.717, 1.165) is 6.42 Å². The maximum absolute atomic E-state index is 12.5. The second-order valence-corrected chi connectivity index (χ2v) is 8.70. The van der Waals surface area contributed by atoms with Gasteiger partial charge in [-0.1, -0.05) is 43.7 Å². The van der Waals surface area contributed by atoms with E-state index in [0.29, 0.717) is 35.1 Å². The Kier molecular flexibility index (Phi) is 5.75. The van der Waals surface area contributed by atoms with Gasteiger partial charge in [-0.2, -0.15) is 0 Å². The third-order valence-electron chi connectivity index (χ3n) is 5.29. The quantitative estimate of drug-likeness (QED) is 0.761. The van der Waals surface area contributed by atoms with Gasteiger partial charge in [0, 0.05) is 6.04 Å². The number of carbonyl (C=O) groups is 1. The first-order valence-corrected chi connectivity index (χ1v) is 10.7. The number of rotatable bonds is 5. The Hall–Kier alpha value is -2.22. The predicted molar refractivity (Wildman–Crippen MR) is 104 cm³/mol. The minimum absolute atomic E-state index is 0.00896. The summed E-state index contributed by atoms with van der Waals surface area (Å²) in [5, 5.41) is 11.4. The normalized spacial score (nSPS) is 25.1. The van der Waals surface area contributed by atoms with Gasteiger partial charge in [0.05, 0.1) is 5.25 Å². The Morgan fingerprint density at radius 3 is 2.82 bits per heavy atom. The van der Waals surface area contributed by atoms with Crippen molar-refractivity contribution in [1.29, 1.82) is 0 Å². The van der Waals surface area contributed by atoms with Crippen molar-refractivity contribution < 1.29 is 18.7 Å². The number of fused-ring (bicyclic) bond motifs is 1. The fourth-order valence-electron chi connectivity index (χ4n) is 3.57. The van der Waals surface area contributed by atoms with Crippen LogP contribution in [0.4, 0.5) is 0 Å². The topological polar surface area (TPSA) is 86.5 Å². The highest BCUT2D eigenvalue weighted by molar-refractivity contribution is 8.00. The summed E-state index contributed by atoms with van der Waals surface area (Å²) in [7, 11) is 0. The molecule has 150 valence electrons. The fraction of sp³-hybridized carbons (Fsp3) is 0.550. The molecule has 1 amide bonds. The van der Waals surface area contributed by atoms with Crippen molar-refractivity contribution in [3.63, 3.8) is 0 Å². The van der Waals surface area contributed by atoms with Gasteiger partial charge in [-0.3, -0.25) is 4.79 Å². The lowest BCUT2D eigenvalue weighted by molar-refractivity contribution is -0.121. The SMILES string of the molecule is C[C@H](Sc1nnc([C@@H]2COc3ccccc3O2)o1)C(=O)N[C@@H]1CCCC[C@H]1C. The predicted octanol–water partition coefficient (Wildman–Crippen LogP) is 3.76. The molecule has 0 bridgehead atoms. The number of para-hydroxylation sites is 2. The van der Waals surface area contributed by atoms with Crippen LogP contribution in [0.2, 0.25) is 0 Å². The Morgan fingerprint density at radius 2 is 2.00 bits per heavy atom. The highest BCUT2D eigenvalue weighted by atomic mass is 32.2. The molecule has 28 heavy (non-hydrogen) atoms. The molecule has 8 heteroatoms. The minimum Gasteiger partial charge on any atom is -0.485 e. The molecule has 2 aromatic rings. The van der Waals surface area contributed by atoms with Crippen LogP contribution < -0.4 is 14.8 Å². The van der Waals surface area contributed by atoms with Crippen molar-refractivity contribution in [2.45, 2.75) is 62.1 Å². The van der Waals surface area contributed by atoms with Crippen molar-refractivity contribution >= 4 is 17.7 Å².